The van der Waals surface area contributed by atoms with E-state index in [2.05, 4.69) is 10.2 Å². The lowest BCUT2D eigenvalue weighted by Gasteiger charge is -2.17. The van der Waals surface area contributed by atoms with Gasteiger partial charge in [0.15, 0.2) is 11.5 Å². The summed E-state index contributed by atoms with van der Waals surface area (Å²) in [5.74, 6) is -0.151. The summed E-state index contributed by atoms with van der Waals surface area (Å²) in [5, 5.41) is 7.91. The molecule has 1 aromatic carbocycles. The van der Waals surface area contributed by atoms with Crippen LogP contribution in [0.25, 0.3) is 0 Å². The molecule has 1 aliphatic heterocycles. The number of rotatable bonds is 6. The van der Waals surface area contributed by atoms with Gasteiger partial charge in [0.05, 0.1) is 31.3 Å². The Labute approximate surface area is 135 Å². The molecule has 9 heteroatoms. The average molecular weight is 343 g/mol. The van der Waals surface area contributed by atoms with Gasteiger partial charge in [0.1, 0.15) is 0 Å². The van der Waals surface area contributed by atoms with Gasteiger partial charge in [0.2, 0.25) is 10.0 Å². The van der Waals surface area contributed by atoms with E-state index in [1.54, 1.807) is 0 Å². The van der Waals surface area contributed by atoms with E-state index in [0.717, 1.165) is 25.9 Å². The lowest BCUT2D eigenvalue weighted by molar-refractivity contribution is 0.0926. The van der Waals surface area contributed by atoms with Crippen LogP contribution >= 0.6 is 0 Å². The lowest BCUT2D eigenvalue weighted by atomic mass is 10.1. The third kappa shape index (κ3) is 4.12. The second kappa shape index (κ2) is 7.16. The van der Waals surface area contributed by atoms with Crippen molar-refractivity contribution in [3.05, 3.63) is 17.7 Å². The highest BCUT2D eigenvalue weighted by molar-refractivity contribution is 7.89. The molecule has 8 nitrogen and oxygen atoms in total. The van der Waals surface area contributed by atoms with Crippen molar-refractivity contribution < 1.29 is 22.7 Å². The maximum absolute atomic E-state index is 12.4. The van der Waals surface area contributed by atoms with Crippen molar-refractivity contribution in [2.45, 2.75) is 17.7 Å². The monoisotopic (exact) mass is 343 g/mol. The average Bonchev–Trinajstić information content (AvgIpc) is 3.03. The number of carbonyl (C=O) groups is 1. The second-order valence-corrected chi connectivity index (χ2v) is 6.80. The minimum atomic E-state index is -3.97. The number of benzene rings is 1. The Balaban J connectivity index is 2.31. The van der Waals surface area contributed by atoms with Crippen molar-refractivity contribution in [1.29, 1.82) is 0 Å². The van der Waals surface area contributed by atoms with Crippen LogP contribution in [-0.4, -0.2) is 53.2 Å². The summed E-state index contributed by atoms with van der Waals surface area (Å²) >= 11 is 0. The van der Waals surface area contributed by atoms with Crippen LogP contribution in [0.2, 0.25) is 0 Å². The molecular weight excluding hydrogens is 322 g/mol. The van der Waals surface area contributed by atoms with Gasteiger partial charge in [-0.25, -0.2) is 13.6 Å². The molecule has 1 fully saturated rings. The summed E-state index contributed by atoms with van der Waals surface area (Å²) < 4.78 is 33.5. The number of nitrogens with two attached hydrogens (primary N) is 1. The summed E-state index contributed by atoms with van der Waals surface area (Å²) in [4.78, 5) is 14.3. The van der Waals surface area contributed by atoms with E-state index in [1.807, 2.05) is 0 Å². The molecule has 0 unspecified atom stereocenters. The van der Waals surface area contributed by atoms with Crippen molar-refractivity contribution in [2.75, 3.05) is 34.0 Å². The van der Waals surface area contributed by atoms with Crippen molar-refractivity contribution in [3.63, 3.8) is 0 Å². The third-order valence-corrected chi connectivity index (χ3v) is 4.58. The highest BCUT2D eigenvalue weighted by Crippen LogP contribution is 2.33. The molecule has 1 saturated heterocycles. The zero-order chi connectivity index (χ0) is 17.0. The summed E-state index contributed by atoms with van der Waals surface area (Å²) in [6.45, 7) is 2.25. The van der Waals surface area contributed by atoms with Crippen LogP contribution in [0.15, 0.2) is 17.0 Å². The topological polar surface area (TPSA) is 111 Å². The number of nitrogens with one attached hydrogen (secondary N) is 1. The van der Waals surface area contributed by atoms with Crippen LogP contribution in [-0.2, 0) is 10.0 Å². The smallest absolute Gasteiger partial charge is 0.256 e. The molecule has 23 heavy (non-hydrogen) atoms. The van der Waals surface area contributed by atoms with Gasteiger partial charge in [-0.3, -0.25) is 9.69 Å². The molecule has 0 saturated carbocycles. The molecule has 3 N–H and O–H groups in total. The number of carbonyl (C=O) groups excluding carboxylic acids is 1. The van der Waals surface area contributed by atoms with E-state index in [4.69, 9.17) is 14.6 Å². The van der Waals surface area contributed by atoms with E-state index >= 15 is 0 Å². The molecule has 0 spiro atoms. The van der Waals surface area contributed by atoms with E-state index in [9.17, 15) is 13.2 Å². The van der Waals surface area contributed by atoms with Crippen molar-refractivity contribution in [3.8, 4) is 11.5 Å². The van der Waals surface area contributed by atoms with Crippen LogP contribution < -0.4 is 19.9 Å². The summed E-state index contributed by atoms with van der Waals surface area (Å²) in [7, 11) is -1.23. The molecule has 1 aromatic rings. The first-order valence-corrected chi connectivity index (χ1v) is 8.71. The van der Waals surface area contributed by atoms with Gasteiger partial charge in [0, 0.05) is 6.07 Å². The minimum absolute atomic E-state index is 0.0649. The van der Waals surface area contributed by atoms with Crippen molar-refractivity contribution in [1.82, 2.24) is 10.2 Å². The lowest BCUT2D eigenvalue weighted by Crippen LogP contribution is -2.36. The predicted octanol–water partition coefficient (Wildman–Crippen LogP) is 0.134. The standard InChI is InChI=1S/C14H21N3O5S/c1-21-12-8-10(23(15,19)20)7-11(13(12)22-2)14(18)16-9-17-5-3-4-6-17/h7-8H,3-6,9H2,1-2H3,(H,16,18)(H2,15,19,20). The Hall–Kier alpha value is -1.84. The zero-order valence-corrected chi connectivity index (χ0v) is 14.0. The number of hydrogen-bond acceptors (Lipinski definition) is 6. The van der Waals surface area contributed by atoms with Gasteiger partial charge < -0.3 is 14.8 Å². The van der Waals surface area contributed by atoms with Crippen LogP contribution in [0.5, 0.6) is 11.5 Å². The molecule has 0 bridgehead atoms. The molecule has 0 aromatic heterocycles. The molecule has 1 aliphatic rings. The van der Waals surface area contributed by atoms with E-state index in [1.165, 1.54) is 26.4 Å². The highest BCUT2D eigenvalue weighted by Gasteiger charge is 2.23. The van der Waals surface area contributed by atoms with Gasteiger partial charge in [-0.1, -0.05) is 0 Å². The molecular formula is C14H21N3O5S. The number of methoxy groups -OCH3 is 2. The Morgan fingerprint density at radius 3 is 2.43 bits per heavy atom. The third-order valence-electron chi connectivity index (χ3n) is 3.69. The Bertz CT molecular complexity index is 684. The number of likely N-dealkylation sites (tertiary alicyclic amines) is 1. The first kappa shape index (κ1) is 17.5. The normalized spacial score (nSPS) is 15.4. The SMILES string of the molecule is COc1cc(S(N)(=O)=O)cc(C(=O)NCN2CCCC2)c1OC. The van der Waals surface area contributed by atoms with Crippen molar-refractivity contribution >= 4 is 15.9 Å². The van der Waals surface area contributed by atoms with Crippen LogP contribution in [0, 0.1) is 0 Å². The predicted molar refractivity (Wildman–Crippen MR) is 84.1 cm³/mol. The molecule has 0 radical (unpaired) electrons. The first-order valence-electron chi connectivity index (χ1n) is 7.16. The quantitative estimate of drug-likeness (QED) is 0.760. The van der Waals surface area contributed by atoms with Gasteiger partial charge in [0.25, 0.3) is 5.91 Å². The number of sulfonamides is 1. The van der Waals surface area contributed by atoms with Crippen molar-refractivity contribution in [2.24, 2.45) is 5.14 Å². The fourth-order valence-corrected chi connectivity index (χ4v) is 3.05. The second-order valence-electron chi connectivity index (χ2n) is 5.24. The minimum Gasteiger partial charge on any atom is -0.493 e. The van der Waals surface area contributed by atoms with Crippen LogP contribution in [0.4, 0.5) is 0 Å². The van der Waals surface area contributed by atoms with Gasteiger partial charge in [-0.15, -0.1) is 0 Å². The van der Waals surface area contributed by atoms with E-state index < -0.39 is 15.9 Å². The molecule has 128 valence electrons. The summed E-state index contributed by atoms with van der Waals surface area (Å²) in [6, 6.07) is 2.42. The summed E-state index contributed by atoms with van der Waals surface area (Å²) in [6.07, 6.45) is 2.21. The first-order chi connectivity index (χ1) is 10.9. The maximum atomic E-state index is 12.4. The Kier molecular flexibility index (Phi) is 5.45. The number of nitrogens with zero attached hydrogens (tertiary/aromatic N) is 1. The highest BCUT2D eigenvalue weighted by atomic mass is 32.2. The summed E-state index contributed by atoms with van der Waals surface area (Å²) in [5.41, 5.74) is 0.0649. The molecule has 2 rings (SSSR count). The largest absolute Gasteiger partial charge is 0.493 e. The van der Waals surface area contributed by atoms with E-state index in [-0.39, 0.29) is 22.0 Å². The molecule has 0 aliphatic carbocycles. The number of ether oxygens (including phenoxy) is 2. The molecule has 1 heterocycles. The van der Waals surface area contributed by atoms with E-state index in [0.29, 0.717) is 6.67 Å². The fourth-order valence-electron chi connectivity index (χ4n) is 2.49. The fraction of sp³-hybridized carbons (Fsp3) is 0.500. The molecule has 1 amide bonds. The van der Waals surface area contributed by atoms with Gasteiger partial charge in [-0.2, -0.15) is 0 Å². The number of hydrogen-bond donors (Lipinski definition) is 2. The zero-order valence-electron chi connectivity index (χ0n) is 13.2. The number of amides is 1. The maximum Gasteiger partial charge on any atom is 0.256 e. The number of primary sulfonamides is 1. The van der Waals surface area contributed by atoms with Crippen LogP contribution in [0.1, 0.15) is 23.2 Å². The molecule has 0 atom stereocenters. The van der Waals surface area contributed by atoms with Crippen LogP contribution in [0.3, 0.4) is 0 Å². The van der Waals surface area contributed by atoms with Gasteiger partial charge >= 0.3 is 0 Å². The Morgan fingerprint density at radius 1 is 1.26 bits per heavy atom. The Morgan fingerprint density at radius 2 is 1.91 bits per heavy atom. The van der Waals surface area contributed by atoms with Gasteiger partial charge in [-0.05, 0) is 32.0 Å².